The Hall–Kier alpha value is -4.46. The minimum atomic E-state index is -0.774. The molecule has 8 nitrogen and oxygen atoms in total. The van der Waals surface area contributed by atoms with Crippen LogP contribution in [0.25, 0.3) is 0 Å². The summed E-state index contributed by atoms with van der Waals surface area (Å²) in [6.07, 6.45) is 0. The summed E-state index contributed by atoms with van der Waals surface area (Å²) in [6, 6.07) is 18.5. The van der Waals surface area contributed by atoms with Gasteiger partial charge in [-0.1, -0.05) is 17.7 Å². The molecule has 1 heterocycles. The fraction of sp³-hybridized carbons (Fsp3) is 0.120. The van der Waals surface area contributed by atoms with Crippen molar-refractivity contribution in [2.45, 2.75) is 6.92 Å². The molecule has 1 aliphatic rings. The highest BCUT2D eigenvalue weighted by Gasteiger charge is 2.33. The minimum Gasteiger partial charge on any atom is -0.457 e. The maximum atomic E-state index is 12.3. The van der Waals surface area contributed by atoms with Crippen LogP contribution in [-0.2, 0) is 9.53 Å². The lowest BCUT2D eigenvalue weighted by atomic mass is 10.1. The molecule has 4 rings (SSSR count). The van der Waals surface area contributed by atoms with Gasteiger partial charge in [0.15, 0.2) is 6.61 Å². The standard InChI is InChI=1S/C25H20N2O6/c1-15-3-8-18(9-4-15)33-19-10-6-17(7-11-19)26-22(28)14-32-25(31)16-5-12-20-21(13-16)24(30)27(2)23(20)29/h3-13H,14H2,1-2H3,(H,26,28). The van der Waals surface area contributed by atoms with E-state index in [4.69, 9.17) is 9.47 Å². The van der Waals surface area contributed by atoms with Gasteiger partial charge in [-0.25, -0.2) is 4.79 Å². The summed E-state index contributed by atoms with van der Waals surface area (Å²) in [5.74, 6) is -0.902. The molecule has 0 fully saturated rings. The lowest BCUT2D eigenvalue weighted by Crippen LogP contribution is -2.24. The third-order valence-corrected chi connectivity index (χ3v) is 5.05. The topological polar surface area (TPSA) is 102 Å². The Kier molecular flexibility index (Phi) is 5.91. The van der Waals surface area contributed by atoms with Gasteiger partial charge in [0.2, 0.25) is 0 Å². The molecule has 166 valence electrons. The van der Waals surface area contributed by atoms with Gasteiger partial charge in [0.1, 0.15) is 11.5 Å². The number of hydrogen-bond acceptors (Lipinski definition) is 6. The van der Waals surface area contributed by atoms with E-state index in [-0.39, 0.29) is 16.7 Å². The number of anilines is 1. The summed E-state index contributed by atoms with van der Waals surface area (Å²) >= 11 is 0. The van der Waals surface area contributed by atoms with Gasteiger partial charge in [0, 0.05) is 12.7 Å². The first-order chi connectivity index (χ1) is 15.8. The van der Waals surface area contributed by atoms with Crippen LogP contribution in [0.15, 0.2) is 66.7 Å². The van der Waals surface area contributed by atoms with Gasteiger partial charge in [0.25, 0.3) is 17.7 Å². The lowest BCUT2D eigenvalue weighted by molar-refractivity contribution is -0.119. The Morgan fingerprint density at radius 1 is 0.848 bits per heavy atom. The zero-order chi connectivity index (χ0) is 23.5. The van der Waals surface area contributed by atoms with Crippen molar-refractivity contribution in [1.29, 1.82) is 0 Å². The summed E-state index contributed by atoms with van der Waals surface area (Å²) in [4.78, 5) is 49.4. The third-order valence-electron chi connectivity index (χ3n) is 5.05. The molecule has 0 radical (unpaired) electrons. The van der Waals surface area contributed by atoms with Gasteiger partial charge in [-0.3, -0.25) is 19.3 Å². The number of rotatable bonds is 6. The van der Waals surface area contributed by atoms with E-state index in [1.807, 2.05) is 31.2 Å². The van der Waals surface area contributed by atoms with Crippen LogP contribution >= 0.6 is 0 Å². The van der Waals surface area contributed by atoms with E-state index in [1.54, 1.807) is 24.3 Å². The Balaban J connectivity index is 1.30. The van der Waals surface area contributed by atoms with Gasteiger partial charge < -0.3 is 14.8 Å². The molecule has 1 aliphatic heterocycles. The average molecular weight is 444 g/mol. The fourth-order valence-electron chi connectivity index (χ4n) is 3.25. The number of esters is 1. The SMILES string of the molecule is Cc1ccc(Oc2ccc(NC(=O)COC(=O)c3ccc4c(c3)C(=O)N(C)C4=O)cc2)cc1. The van der Waals surface area contributed by atoms with Crippen molar-refractivity contribution < 1.29 is 28.7 Å². The molecular weight excluding hydrogens is 424 g/mol. The highest BCUT2D eigenvalue weighted by atomic mass is 16.5. The van der Waals surface area contributed by atoms with Gasteiger partial charge in [-0.05, 0) is 61.5 Å². The number of benzene rings is 3. The van der Waals surface area contributed by atoms with Gasteiger partial charge >= 0.3 is 5.97 Å². The van der Waals surface area contributed by atoms with E-state index in [0.717, 1.165) is 10.5 Å². The molecule has 3 aromatic carbocycles. The quantitative estimate of drug-likeness (QED) is 0.458. The molecular formula is C25H20N2O6. The molecule has 0 saturated heterocycles. The third kappa shape index (κ3) is 4.74. The zero-order valence-corrected chi connectivity index (χ0v) is 18.0. The normalized spacial score (nSPS) is 12.4. The minimum absolute atomic E-state index is 0.0793. The largest absolute Gasteiger partial charge is 0.457 e. The molecule has 3 amide bonds. The van der Waals surface area contributed by atoms with Gasteiger partial charge in [0.05, 0.1) is 16.7 Å². The molecule has 0 aromatic heterocycles. The molecule has 3 aromatic rings. The van der Waals surface area contributed by atoms with Gasteiger partial charge in [-0.15, -0.1) is 0 Å². The summed E-state index contributed by atoms with van der Waals surface area (Å²) < 4.78 is 10.8. The molecule has 0 spiro atoms. The number of ether oxygens (including phenoxy) is 2. The highest BCUT2D eigenvalue weighted by molar-refractivity contribution is 6.21. The first-order valence-corrected chi connectivity index (χ1v) is 10.1. The molecule has 8 heteroatoms. The van der Waals surface area contributed by atoms with E-state index >= 15 is 0 Å². The molecule has 0 saturated carbocycles. The predicted octanol–water partition coefficient (Wildman–Crippen LogP) is 3.81. The van der Waals surface area contributed by atoms with Crippen LogP contribution in [-0.4, -0.2) is 42.2 Å². The number of carbonyl (C=O) groups is 4. The van der Waals surface area contributed by atoms with Crippen molar-refractivity contribution in [3.8, 4) is 11.5 Å². The summed E-state index contributed by atoms with van der Waals surface area (Å²) in [7, 11) is 1.37. The van der Waals surface area contributed by atoms with E-state index in [2.05, 4.69) is 5.32 Å². The Morgan fingerprint density at radius 2 is 1.45 bits per heavy atom. The summed E-state index contributed by atoms with van der Waals surface area (Å²) in [5, 5.41) is 2.63. The predicted molar refractivity (Wildman–Crippen MR) is 119 cm³/mol. The molecule has 0 atom stereocenters. The van der Waals surface area contributed by atoms with Crippen LogP contribution in [0.5, 0.6) is 11.5 Å². The Labute approximate surface area is 189 Å². The van der Waals surface area contributed by atoms with E-state index in [1.165, 1.54) is 25.2 Å². The monoisotopic (exact) mass is 444 g/mol. The smallest absolute Gasteiger partial charge is 0.338 e. The number of aryl methyl sites for hydroxylation is 1. The number of carbonyl (C=O) groups excluding carboxylic acids is 4. The van der Waals surface area contributed by atoms with Crippen molar-refractivity contribution in [3.05, 3.63) is 89.0 Å². The van der Waals surface area contributed by atoms with Crippen LogP contribution in [0.3, 0.4) is 0 Å². The molecule has 1 N–H and O–H groups in total. The summed E-state index contributed by atoms with van der Waals surface area (Å²) in [5.41, 5.74) is 2.09. The Morgan fingerprint density at radius 3 is 2.12 bits per heavy atom. The number of imide groups is 1. The second-order valence-corrected chi connectivity index (χ2v) is 7.49. The van der Waals surface area contributed by atoms with E-state index in [9.17, 15) is 19.2 Å². The molecule has 33 heavy (non-hydrogen) atoms. The summed E-state index contributed by atoms with van der Waals surface area (Å²) in [6.45, 7) is 1.48. The second kappa shape index (κ2) is 8.96. The number of hydrogen-bond donors (Lipinski definition) is 1. The maximum Gasteiger partial charge on any atom is 0.338 e. The molecule has 0 aliphatic carbocycles. The highest BCUT2D eigenvalue weighted by Crippen LogP contribution is 2.24. The first-order valence-electron chi connectivity index (χ1n) is 10.1. The molecule has 0 bridgehead atoms. The van der Waals surface area contributed by atoms with Crippen molar-refractivity contribution in [2.75, 3.05) is 19.0 Å². The second-order valence-electron chi connectivity index (χ2n) is 7.49. The lowest BCUT2D eigenvalue weighted by Gasteiger charge is -2.09. The van der Waals surface area contributed by atoms with Crippen molar-refractivity contribution in [1.82, 2.24) is 4.90 Å². The number of nitrogens with one attached hydrogen (secondary N) is 1. The average Bonchev–Trinajstić information content (AvgIpc) is 3.03. The first kappa shape index (κ1) is 21.8. The van der Waals surface area contributed by atoms with Crippen molar-refractivity contribution in [2.24, 2.45) is 0 Å². The number of nitrogens with zero attached hydrogens (tertiary/aromatic N) is 1. The zero-order valence-electron chi connectivity index (χ0n) is 18.0. The Bertz CT molecular complexity index is 1250. The van der Waals surface area contributed by atoms with Crippen molar-refractivity contribution in [3.63, 3.8) is 0 Å². The maximum absolute atomic E-state index is 12.3. The van der Waals surface area contributed by atoms with Crippen molar-refractivity contribution >= 4 is 29.4 Å². The fourth-order valence-corrected chi connectivity index (χ4v) is 3.25. The number of fused-ring (bicyclic) bond motifs is 1. The number of amides is 3. The molecule has 0 unspecified atom stereocenters. The van der Waals surface area contributed by atoms with Crippen LogP contribution in [0.2, 0.25) is 0 Å². The van der Waals surface area contributed by atoms with Crippen LogP contribution < -0.4 is 10.1 Å². The van der Waals surface area contributed by atoms with E-state index in [0.29, 0.717) is 17.2 Å². The van der Waals surface area contributed by atoms with Crippen LogP contribution in [0.4, 0.5) is 5.69 Å². The van der Waals surface area contributed by atoms with Crippen LogP contribution in [0.1, 0.15) is 36.6 Å². The van der Waals surface area contributed by atoms with Crippen LogP contribution in [0, 0.1) is 6.92 Å². The van der Waals surface area contributed by atoms with E-state index < -0.39 is 30.3 Å². The van der Waals surface area contributed by atoms with Gasteiger partial charge in [-0.2, -0.15) is 0 Å².